The molecular weight excluding hydrogens is 337 g/mol. The number of aliphatic hydroxyl groups is 2. The molecule has 3 aliphatic heterocycles. The molecule has 8 nitrogen and oxygen atoms in total. The van der Waals surface area contributed by atoms with Crippen molar-refractivity contribution < 1.29 is 34.1 Å². The van der Waals surface area contributed by atoms with Crippen molar-refractivity contribution in [3.63, 3.8) is 0 Å². The van der Waals surface area contributed by atoms with Gasteiger partial charge in [0.1, 0.15) is 17.8 Å². The van der Waals surface area contributed by atoms with E-state index in [1.165, 1.54) is 0 Å². The highest BCUT2D eigenvalue weighted by Crippen LogP contribution is 2.64. The highest BCUT2D eigenvalue weighted by Gasteiger charge is 2.78. The molecule has 1 spiro atoms. The van der Waals surface area contributed by atoms with Crippen LogP contribution in [-0.2, 0) is 20.6 Å². The van der Waals surface area contributed by atoms with E-state index in [1.807, 2.05) is 0 Å². The predicted molar refractivity (Wildman–Crippen MR) is 80.5 cm³/mol. The minimum absolute atomic E-state index is 0.00451. The molecule has 3 fully saturated rings. The standard InChI is InChI=1S/C15H18NO7P/c17-11-10-6-9-13(19)16(7-8-4-2-1-3-5-8)14(24(20,21)22)15(9,23-10)12(11)18/h1-5,9-12,14,17-18H,6-7H2,(H2,20,21,22)/t9-,10-,11?,12?,14+,15+/m0/s1. The minimum atomic E-state index is -4.82. The van der Waals surface area contributed by atoms with Gasteiger partial charge in [-0.3, -0.25) is 9.36 Å². The van der Waals surface area contributed by atoms with E-state index in [1.54, 1.807) is 30.3 Å². The van der Waals surface area contributed by atoms with E-state index in [0.29, 0.717) is 5.56 Å². The van der Waals surface area contributed by atoms with Gasteiger partial charge in [0.2, 0.25) is 5.91 Å². The third-order valence-corrected chi connectivity index (χ3v) is 6.65. The molecule has 3 aliphatic rings. The fourth-order valence-electron chi connectivity index (χ4n) is 4.40. The van der Waals surface area contributed by atoms with Crippen molar-refractivity contribution in [2.45, 2.75) is 42.7 Å². The number of ether oxygens (including phenoxy) is 1. The summed E-state index contributed by atoms with van der Waals surface area (Å²) in [4.78, 5) is 33.7. The van der Waals surface area contributed by atoms with Gasteiger partial charge in [-0.1, -0.05) is 30.3 Å². The first kappa shape index (κ1) is 16.2. The van der Waals surface area contributed by atoms with Crippen LogP contribution in [0.4, 0.5) is 0 Å². The third-order valence-electron chi connectivity index (χ3n) is 5.33. The maximum absolute atomic E-state index is 12.8. The van der Waals surface area contributed by atoms with Crippen molar-refractivity contribution in [2.24, 2.45) is 5.92 Å². The summed E-state index contributed by atoms with van der Waals surface area (Å²) in [6.07, 6.45) is -3.39. The van der Waals surface area contributed by atoms with Crippen LogP contribution in [-0.4, -0.2) is 60.5 Å². The Morgan fingerprint density at radius 1 is 1.25 bits per heavy atom. The lowest BCUT2D eigenvalue weighted by Gasteiger charge is -2.37. The van der Waals surface area contributed by atoms with E-state index in [9.17, 15) is 29.4 Å². The predicted octanol–water partition coefficient (Wildman–Crippen LogP) is -0.588. The van der Waals surface area contributed by atoms with E-state index in [-0.39, 0.29) is 13.0 Å². The van der Waals surface area contributed by atoms with Crippen LogP contribution in [0.1, 0.15) is 12.0 Å². The molecule has 1 aromatic carbocycles. The quantitative estimate of drug-likeness (QED) is 0.534. The average Bonchev–Trinajstić information content (AvgIpc) is 3.09. The lowest BCUT2D eigenvalue weighted by Crippen LogP contribution is -2.56. The van der Waals surface area contributed by atoms with E-state index in [0.717, 1.165) is 4.90 Å². The third kappa shape index (κ3) is 1.98. The molecule has 6 atom stereocenters. The molecule has 4 rings (SSSR count). The van der Waals surface area contributed by atoms with Gasteiger partial charge in [-0.05, 0) is 12.0 Å². The molecule has 3 saturated heterocycles. The van der Waals surface area contributed by atoms with Gasteiger partial charge in [-0.25, -0.2) is 0 Å². The molecular formula is C15H18NO7P. The zero-order chi connectivity index (χ0) is 17.3. The second kappa shape index (κ2) is 5.11. The number of hydrogen-bond acceptors (Lipinski definition) is 5. The number of nitrogens with zero attached hydrogens (tertiary/aromatic N) is 1. The van der Waals surface area contributed by atoms with E-state index < -0.39 is 49.1 Å². The Hall–Kier alpha value is -1.28. The summed E-state index contributed by atoms with van der Waals surface area (Å²) < 4.78 is 17.8. The molecule has 0 saturated carbocycles. The van der Waals surface area contributed by atoms with Crippen molar-refractivity contribution in [2.75, 3.05) is 0 Å². The highest BCUT2D eigenvalue weighted by molar-refractivity contribution is 7.52. The summed E-state index contributed by atoms with van der Waals surface area (Å²) in [5.74, 6) is -2.93. The van der Waals surface area contributed by atoms with Gasteiger partial charge in [0, 0.05) is 6.54 Å². The van der Waals surface area contributed by atoms with Crippen molar-refractivity contribution in [1.29, 1.82) is 0 Å². The maximum Gasteiger partial charge on any atom is 0.351 e. The fourth-order valence-corrected chi connectivity index (χ4v) is 5.88. The number of rotatable bonds is 3. The number of benzene rings is 1. The van der Waals surface area contributed by atoms with Crippen molar-refractivity contribution >= 4 is 13.5 Å². The summed E-state index contributed by atoms with van der Waals surface area (Å²) in [5.41, 5.74) is -1.04. The molecule has 0 aromatic heterocycles. The molecule has 1 amide bonds. The zero-order valence-electron chi connectivity index (χ0n) is 12.6. The topological polar surface area (TPSA) is 128 Å². The largest absolute Gasteiger partial charge is 0.388 e. The monoisotopic (exact) mass is 355 g/mol. The first-order chi connectivity index (χ1) is 11.3. The normalized spacial score (nSPS) is 41.1. The maximum atomic E-state index is 12.8. The number of likely N-dealkylation sites (tertiary alicyclic amines) is 1. The fraction of sp³-hybridized carbons (Fsp3) is 0.533. The van der Waals surface area contributed by atoms with Gasteiger partial charge in [0.25, 0.3) is 0 Å². The number of hydrogen-bond donors (Lipinski definition) is 4. The summed E-state index contributed by atoms with van der Waals surface area (Å²) in [5, 5.41) is 20.4. The molecule has 9 heteroatoms. The van der Waals surface area contributed by atoms with Gasteiger partial charge in [-0.2, -0.15) is 0 Å². The highest BCUT2D eigenvalue weighted by atomic mass is 31.2. The lowest BCUT2D eigenvalue weighted by molar-refractivity contribution is -0.133. The van der Waals surface area contributed by atoms with Gasteiger partial charge < -0.3 is 29.6 Å². The Morgan fingerprint density at radius 2 is 1.92 bits per heavy atom. The van der Waals surface area contributed by atoms with E-state index in [4.69, 9.17) is 4.74 Å². The molecule has 0 aliphatic carbocycles. The van der Waals surface area contributed by atoms with Crippen LogP contribution in [0.5, 0.6) is 0 Å². The molecule has 4 N–H and O–H groups in total. The van der Waals surface area contributed by atoms with Crippen LogP contribution in [0.25, 0.3) is 0 Å². The van der Waals surface area contributed by atoms with Crippen molar-refractivity contribution in [3.05, 3.63) is 35.9 Å². The van der Waals surface area contributed by atoms with Gasteiger partial charge >= 0.3 is 7.60 Å². The Morgan fingerprint density at radius 3 is 2.50 bits per heavy atom. The zero-order valence-corrected chi connectivity index (χ0v) is 13.5. The second-order valence-corrected chi connectivity index (χ2v) is 8.32. The van der Waals surface area contributed by atoms with Gasteiger partial charge in [0.15, 0.2) is 5.78 Å². The van der Waals surface area contributed by atoms with E-state index >= 15 is 0 Å². The number of carbonyl (C=O) groups excluding carboxylic acids is 1. The van der Waals surface area contributed by atoms with Crippen LogP contribution < -0.4 is 0 Å². The number of amides is 1. The number of aliphatic hydroxyl groups excluding tert-OH is 2. The average molecular weight is 355 g/mol. The summed E-state index contributed by atoms with van der Waals surface area (Å²) in [6.45, 7) is 0.00451. The number of carbonyl (C=O) groups is 1. The molecule has 24 heavy (non-hydrogen) atoms. The Balaban J connectivity index is 1.78. The van der Waals surface area contributed by atoms with Crippen LogP contribution in [0.3, 0.4) is 0 Å². The van der Waals surface area contributed by atoms with Gasteiger partial charge in [-0.15, -0.1) is 0 Å². The minimum Gasteiger partial charge on any atom is -0.388 e. The number of fused-ring (bicyclic) bond motifs is 1. The molecule has 3 heterocycles. The summed E-state index contributed by atoms with van der Waals surface area (Å²) >= 11 is 0. The van der Waals surface area contributed by atoms with Crippen LogP contribution >= 0.6 is 7.60 Å². The van der Waals surface area contributed by atoms with Gasteiger partial charge in [0.05, 0.1) is 12.0 Å². The first-order valence-corrected chi connectivity index (χ1v) is 9.38. The molecule has 130 valence electrons. The second-order valence-electron chi connectivity index (χ2n) is 6.65. The van der Waals surface area contributed by atoms with Crippen LogP contribution in [0.15, 0.2) is 30.3 Å². The molecule has 1 aromatic rings. The summed E-state index contributed by atoms with van der Waals surface area (Å²) in [6, 6.07) is 8.83. The molecule has 0 radical (unpaired) electrons. The van der Waals surface area contributed by atoms with Crippen LogP contribution in [0, 0.1) is 5.92 Å². The Bertz CT molecular complexity index is 722. The van der Waals surface area contributed by atoms with Crippen molar-refractivity contribution in [1.82, 2.24) is 4.90 Å². The summed E-state index contributed by atoms with van der Waals surface area (Å²) in [7, 11) is -4.82. The SMILES string of the molecule is O=C1[C@@H]2C[C@@H]3O[C@]2(C(O)C3O)[C@@H](P(=O)(O)O)N1Cc1ccccc1. The first-order valence-electron chi connectivity index (χ1n) is 7.70. The van der Waals surface area contributed by atoms with E-state index in [2.05, 4.69) is 0 Å². The van der Waals surface area contributed by atoms with Crippen LogP contribution in [0.2, 0.25) is 0 Å². The smallest absolute Gasteiger partial charge is 0.351 e. The van der Waals surface area contributed by atoms with Crippen molar-refractivity contribution in [3.8, 4) is 0 Å². The lowest BCUT2D eigenvalue weighted by atomic mass is 9.77. The Kier molecular flexibility index (Phi) is 3.45. The molecule has 2 unspecified atom stereocenters. The molecule has 2 bridgehead atoms. The Labute approximate surface area is 137 Å².